The number of carbonyl (C=O) groups is 2. The Morgan fingerprint density at radius 3 is 0.892 bits per heavy atom. The molecule has 0 aliphatic heterocycles. The van der Waals surface area contributed by atoms with Crippen molar-refractivity contribution in [2.75, 3.05) is 13.2 Å². The molecule has 0 saturated carbocycles. The van der Waals surface area contributed by atoms with E-state index >= 15 is 0 Å². The number of aliphatic hydroxyl groups is 1. The van der Waals surface area contributed by atoms with Gasteiger partial charge in [-0.05, 0) is 96.3 Å². The van der Waals surface area contributed by atoms with Crippen LogP contribution in [0, 0.1) is 0 Å². The molecule has 0 rings (SSSR count). The topological polar surface area (TPSA) is 72.8 Å². The third-order valence-corrected chi connectivity index (χ3v) is 13.9. The van der Waals surface area contributed by atoms with Gasteiger partial charge in [0.2, 0.25) is 0 Å². The molecule has 0 fully saturated rings. The Hall–Kier alpha value is -3.18. The van der Waals surface area contributed by atoms with E-state index < -0.39 is 6.10 Å². The van der Waals surface area contributed by atoms with Gasteiger partial charge in [-0.2, -0.15) is 0 Å². The zero-order chi connectivity index (χ0) is 53.4. The molecule has 0 heterocycles. The molecule has 0 aliphatic rings. The number of esters is 2. The molecule has 0 saturated heterocycles. The summed E-state index contributed by atoms with van der Waals surface area (Å²) < 4.78 is 10.7. The highest BCUT2D eigenvalue weighted by Crippen LogP contribution is 2.17. The molecule has 1 N–H and O–H groups in total. The van der Waals surface area contributed by atoms with Crippen LogP contribution in [0.5, 0.6) is 0 Å². The summed E-state index contributed by atoms with van der Waals surface area (Å²) in [6.07, 6.45) is 91.2. The summed E-state index contributed by atoms with van der Waals surface area (Å²) in [4.78, 5) is 24.6. The second kappa shape index (κ2) is 64.1. The lowest BCUT2D eigenvalue weighted by Gasteiger charge is -2.15. The largest absolute Gasteiger partial charge is 0.462 e. The minimum atomic E-state index is -0.776. The van der Waals surface area contributed by atoms with Crippen molar-refractivity contribution in [2.45, 2.75) is 315 Å². The summed E-state index contributed by atoms with van der Waals surface area (Å²) in [6, 6.07) is 0. The summed E-state index contributed by atoms with van der Waals surface area (Å²) in [5.74, 6) is -0.583. The Morgan fingerprint density at radius 2 is 0.581 bits per heavy atom. The van der Waals surface area contributed by atoms with Gasteiger partial charge in [0.15, 0.2) is 6.10 Å². The van der Waals surface area contributed by atoms with E-state index in [1.54, 1.807) is 0 Å². The van der Waals surface area contributed by atoms with Gasteiger partial charge in [0.1, 0.15) is 6.61 Å². The average molecular weight is 1030 g/mol. The molecule has 5 heteroatoms. The molecule has 74 heavy (non-hydrogen) atoms. The molecular formula is C69H120O5. The van der Waals surface area contributed by atoms with Gasteiger partial charge in [-0.3, -0.25) is 9.59 Å². The second-order valence-electron chi connectivity index (χ2n) is 21.1. The number of carbonyl (C=O) groups excluding carboxylic acids is 2. The van der Waals surface area contributed by atoms with Crippen LogP contribution in [0.3, 0.4) is 0 Å². The Balaban J connectivity index is 3.47. The Kier molecular flexibility index (Phi) is 61.4. The summed E-state index contributed by atoms with van der Waals surface area (Å²) >= 11 is 0. The number of hydrogen-bond acceptors (Lipinski definition) is 5. The predicted molar refractivity (Wildman–Crippen MR) is 325 cm³/mol. The van der Waals surface area contributed by atoms with Gasteiger partial charge in [0, 0.05) is 12.8 Å². The van der Waals surface area contributed by atoms with E-state index in [4.69, 9.17) is 9.47 Å². The third-order valence-electron chi connectivity index (χ3n) is 13.9. The van der Waals surface area contributed by atoms with E-state index in [1.165, 1.54) is 199 Å². The highest BCUT2D eigenvalue weighted by atomic mass is 16.6. The number of rotatable bonds is 58. The van der Waals surface area contributed by atoms with Crippen molar-refractivity contribution in [1.29, 1.82) is 0 Å². The quantitative estimate of drug-likeness (QED) is 0.0373. The van der Waals surface area contributed by atoms with E-state index in [9.17, 15) is 14.7 Å². The van der Waals surface area contributed by atoms with Crippen LogP contribution in [0.15, 0.2) is 97.2 Å². The van der Waals surface area contributed by atoms with Gasteiger partial charge in [0.05, 0.1) is 6.61 Å². The highest BCUT2D eigenvalue weighted by Gasteiger charge is 2.16. The number of aliphatic hydroxyl groups excluding tert-OH is 1. The predicted octanol–water partition coefficient (Wildman–Crippen LogP) is 21.9. The summed E-state index contributed by atoms with van der Waals surface area (Å²) in [5.41, 5.74) is 0. The molecule has 0 aromatic rings. The average Bonchev–Trinajstić information content (AvgIpc) is 3.40. The lowest BCUT2D eigenvalue weighted by Crippen LogP contribution is -2.28. The van der Waals surface area contributed by atoms with Crippen molar-refractivity contribution in [3.05, 3.63) is 97.2 Å². The summed E-state index contributed by atoms with van der Waals surface area (Å²) in [5, 5.41) is 9.67. The number of ether oxygens (including phenoxy) is 2. The van der Waals surface area contributed by atoms with Crippen LogP contribution in [-0.4, -0.2) is 36.4 Å². The smallest absolute Gasteiger partial charge is 0.306 e. The molecule has 0 spiro atoms. The van der Waals surface area contributed by atoms with Crippen LogP contribution < -0.4 is 0 Å². The van der Waals surface area contributed by atoms with Crippen molar-refractivity contribution >= 4 is 11.9 Å². The van der Waals surface area contributed by atoms with E-state index in [0.717, 1.165) is 83.5 Å². The Morgan fingerprint density at radius 1 is 0.324 bits per heavy atom. The first kappa shape index (κ1) is 70.8. The van der Waals surface area contributed by atoms with Crippen LogP contribution in [0.1, 0.15) is 309 Å². The van der Waals surface area contributed by atoms with Crippen LogP contribution in [0.25, 0.3) is 0 Å². The normalized spacial score (nSPS) is 12.9. The maximum atomic E-state index is 12.3. The zero-order valence-corrected chi connectivity index (χ0v) is 48.8. The van der Waals surface area contributed by atoms with Gasteiger partial charge in [0.25, 0.3) is 0 Å². The molecule has 0 bridgehead atoms. The lowest BCUT2D eigenvalue weighted by atomic mass is 10.0. The van der Waals surface area contributed by atoms with E-state index in [2.05, 4.69) is 111 Å². The first-order chi connectivity index (χ1) is 36.6. The van der Waals surface area contributed by atoms with Crippen molar-refractivity contribution in [2.24, 2.45) is 0 Å². The van der Waals surface area contributed by atoms with Gasteiger partial charge in [-0.1, -0.05) is 297 Å². The Labute approximate surface area is 459 Å². The monoisotopic (exact) mass is 1030 g/mol. The lowest BCUT2D eigenvalue weighted by molar-refractivity contribution is -0.161. The van der Waals surface area contributed by atoms with Crippen molar-refractivity contribution in [3.8, 4) is 0 Å². The number of unbranched alkanes of at least 4 members (excludes halogenated alkanes) is 34. The maximum Gasteiger partial charge on any atom is 0.306 e. The molecular weight excluding hydrogens is 909 g/mol. The van der Waals surface area contributed by atoms with Crippen molar-refractivity contribution in [1.82, 2.24) is 0 Å². The number of allylic oxidation sites excluding steroid dienone is 16. The van der Waals surface area contributed by atoms with Gasteiger partial charge in [-0.15, -0.1) is 0 Å². The van der Waals surface area contributed by atoms with Crippen molar-refractivity contribution in [3.63, 3.8) is 0 Å². The van der Waals surface area contributed by atoms with Gasteiger partial charge < -0.3 is 14.6 Å². The molecule has 5 nitrogen and oxygen atoms in total. The molecule has 1 unspecified atom stereocenters. The standard InChI is InChI=1S/C69H120O5/c1-3-5-7-9-11-13-15-17-19-21-23-25-26-27-28-29-30-31-32-33-34-35-36-37-38-39-40-41-42-44-46-48-50-52-54-56-58-60-62-64-69(72)74-67(65-70)66-73-68(71)63-61-59-57-55-53-51-49-47-45-43-24-22-20-18-16-14-12-10-8-6-4-2/h5,7,11,13,17,19,22-25,27-28,30-31,33-34,67,70H,3-4,6,8-10,12,14-16,18,20-21,26,29,32,35-66H2,1-2H3/b7-5-,13-11-,19-17-,24-22-,25-23-,28-27-,31-30-,34-33-. The van der Waals surface area contributed by atoms with E-state index in [-0.39, 0.29) is 25.2 Å². The van der Waals surface area contributed by atoms with Gasteiger partial charge in [-0.25, -0.2) is 0 Å². The van der Waals surface area contributed by atoms with Crippen LogP contribution in [-0.2, 0) is 19.1 Å². The molecule has 0 amide bonds. The highest BCUT2D eigenvalue weighted by molar-refractivity contribution is 5.70. The second-order valence-corrected chi connectivity index (χ2v) is 21.1. The fraction of sp³-hybridized carbons (Fsp3) is 0.739. The zero-order valence-electron chi connectivity index (χ0n) is 48.8. The molecule has 0 radical (unpaired) electrons. The van der Waals surface area contributed by atoms with E-state index in [1.807, 2.05) is 0 Å². The van der Waals surface area contributed by atoms with Crippen LogP contribution in [0.4, 0.5) is 0 Å². The maximum absolute atomic E-state index is 12.3. The molecule has 1 atom stereocenters. The molecule has 426 valence electrons. The number of hydrogen-bond donors (Lipinski definition) is 1. The first-order valence-electron chi connectivity index (χ1n) is 31.8. The van der Waals surface area contributed by atoms with Crippen LogP contribution in [0.2, 0.25) is 0 Å². The minimum absolute atomic E-state index is 0.0666. The molecule has 0 aromatic carbocycles. The molecule has 0 aromatic heterocycles. The summed E-state index contributed by atoms with van der Waals surface area (Å²) in [6.45, 7) is 4.05. The Bertz CT molecular complexity index is 1400. The fourth-order valence-corrected chi connectivity index (χ4v) is 9.12. The summed E-state index contributed by atoms with van der Waals surface area (Å²) in [7, 11) is 0. The first-order valence-corrected chi connectivity index (χ1v) is 31.8. The SMILES string of the molecule is CC/C=C\C/C=C\C/C=C\C/C=C\C/C=C\C/C=C\C/C=C\CCCCCCCCCCCCCCCCCCCC(=O)OC(CO)COC(=O)CCCCCCCCCCC/C=C\CCCCCCCCCC. The fourth-order valence-electron chi connectivity index (χ4n) is 9.12. The third kappa shape index (κ3) is 61.4. The van der Waals surface area contributed by atoms with E-state index in [0.29, 0.717) is 12.8 Å². The minimum Gasteiger partial charge on any atom is -0.462 e. The molecule has 0 aliphatic carbocycles. The van der Waals surface area contributed by atoms with Crippen LogP contribution >= 0.6 is 0 Å². The van der Waals surface area contributed by atoms with Crippen molar-refractivity contribution < 1.29 is 24.2 Å². The van der Waals surface area contributed by atoms with Gasteiger partial charge >= 0.3 is 11.9 Å².